The molecule has 0 radical (unpaired) electrons. The number of hydrogen-bond acceptors (Lipinski definition) is 5. The van der Waals surface area contributed by atoms with Crippen molar-refractivity contribution in [2.24, 2.45) is 0 Å². The molecule has 1 aromatic rings. The van der Waals surface area contributed by atoms with Crippen LogP contribution in [0.25, 0.3) is 0 Å². The lowest BCUT2D eigenvalue weighted by atomic mass is 10.2. The summed E-state index contributed by atoms with van der Waals surface area (Å²) >= 11 is 5.88. The van der Waals surface area contributed by atoms with Gasteiger partial charge in [-0.05, 0) is 31.5 Å². The maximum atomic E-state index is 12.0. The Morgan fingerprint density at radius 1 is 1.52 bits per heavy atom. The molecule has 0 saturated carbocycles. The molecule has 8 heteroatoms. The number of rotatable bonds is 4. The number of amides is 2. The number of carbonyl (C=O) groups is 3. The van der Waals surface area contributed by atoms with E-state index in [1.165, 1.54) is 25.1 Å². The van der Waals surface area contributed by atoms with Crippen molar-refractivity contribution < 1.29 is 19.1 Å². The Bertz CT molecular complexity index is 698. The van der Waals surface area contributed by atoms with Crippen molar-refractivity contribution in [1.29, 1.82) is 5.26 Å². The summed E-state index contributed by atoms with van der Waals surface area (Å²) in [7, 11) is 0. The molecule has 7 nitrogen and oxygen atoms in total. The predicted molar refractivity (Wildman–Crippen MR) is 81.5 cm³/mol. The van der Waals surface area contributed by atoms with E-state index >= 15 is 0 Å². The average Bonchev–Trinajstić information content (AvgIpc) is 2.94. The number of ether oxygens (including phenoxy) is 1. The van der Waals surface area contributed by atoms with E-state index in [9.17, 15) is 14.4 Å². The van der Waals surface area contributed by atoms with Crippen LogP contribution in [0.15, 0.2) is 18.2 Å². The lowest BCUT2D eigenvalue weighted by Gasteiger charge is -2.16. The van der Waals surface area contributed by atoms with Gasteiger partial charge in [-0.2, -0.15) is 5.26 Å². The molecule has 1 heterocycles. The zero-order chi connectivity index (χ0) is 17.0. The third-order valence-corrected chi connectivity index (χ3v) is 3.61. The van der Waals surface area contributed by atoms with Crippen molar-refractivity contribution >= 4 is 35.1 Å². The third kappa shape index (κ3) is 4.20. The molecule has 1 aliphatic heterocycles. The summed E-state index contributed by atoms with van der Waals surface area (Å²) in [6.45, 7) is 1.43. The van der Waals surface area contributed by atoms with E-state index in [1.54, 1.807) is 0 Å². The molecule has 0 aliphatic carbocycles. The summed E-state index contributed by atoms with van der Waals surface area (Å²) in [6, 6.07) is 5.64. The SMILES string of the molecule is C[C@@H](OC(=O)[C@H]1CCC(=O)N1)C(=O)Nc1ccc(C#N)c(Cl)c1. The highest BCUT2D eigenvalue weighted by atomic mass is 35.5. The number of halogens is 1. The Balaban J connectivity index is 1.92. The number of anilines is 1. The minimum atomic E-state index is -1.03. The highest BCUT2D eigenvalue weighted by Gasteiger charge is 2.30. The largest absolute Gasteiger partial charge is 0.451 e. The molecule has 2 rings (SSSR count). The van der Waals surface area contributed by atoms with Crippen LogP contribution in [0.4, 0.5) is 5.69 Å². The van der Waals surface area contributed by atoms with Crippen molar-refractivity contribution in [2.45, 2.75) is 31.9 Å². The van der Waals surface area contributed by atoms with Crippen LogP contribution in [-0.2, 0) is 19.1 Å². The quantitative estimate of drug-likeness (QED) is 0.808. The van der Waals surface area contributed by atoms with Gasteiger partial charge in [-0.3, -0.25) is 9.59 Å². The second kappa shape index (κ2) is 7.11. The maximum absolute atomic E-state index is 12.0. The first-order chi connectivity index (χ1) is 10.9. The summed E-state index contributed by atoms with van der Waals surface area (Å²) in [6.07, 6.45) is -0.407. The van der Waals surface area contributed by atoms with E-state index in [1.807, 2.05) is 6.07 Å². The number of hydrogen-bond donors (Lipinski definition) is 2. The molecule has 0 unspecified atom stereocenters. The highest BCUT2D eigenvalue weighted by Crippen LogP contribution is 2.20. The Hall–Kier alpha value is -2.59. The maximum Gasteiger partial charge on any atom is 0.329 e. The highest BCUT2D eigenvalue weighted by molar-refractivity contribution is 6.32. The molecule has 2 N–H and O–H groups in total. The molecule has 0 bridgehead atoms. The normalized spacial score (nSPS) is 17.8. The van der Waals surface area contributed by atoms with E-state index in [0.717, 1.165) is 0 Å². The molecule has 0 spiro atoms. The molecular formula is C15H14ClN3O4. The number of nitrogens with zero attached hydrogens (tertiary/aromatic N) is 1. The van der Waals surface area contributed by atoms with Crippen molar-refractivity contribution in [2.75, 3.05) is 5.32 Å². The Morgan fingerprint density at radius 2 is 2.26 bits per heavy atom. The van der Waals surface area contributed by atoms with Crippen LogP contribution in [0.2, 0.25) is 5.02 Å². The summed E-state index contributed by atoms with van der Waals surface area (Å²) in [5, 5.41) is 14.0. The van der Waals surface area contributed by atoms with Gasteiger partial charge in [0.25, 0.3) is 5.91 Å². The predicted octanol–water partition coefficient (Wildman–Crippen LogP) is 1.36. The van der Waals surface area contributed by atoms with Gasteiger partial charge in [-0.25, -0.2) is 4.79 Å². The topological polar surface area (TPSA) is 108 Å². The van der Waals surface area contributed by atoms with Gasteiger partial charge in [0.15, 0.2) is 6.10 Å². The zero-order valence-electron chi connectivity index (χ0n) is 12.3. The molecule has 1 aromatic carbocycles. The fourth-order valence-corrected chi connectivity index (χ4v) is 2.25. The number of esters is 1. The second-order valence-electron chi connectivity index (χ2n) is 5.03. The van der Waals surface area contributed by atoms with Crippen LogP contribution in [0.1, 0.15) is 25.3 Å². The van der Waals surface area contributed by atoms with E-state index in [0.29, 0.717) is 17.7 Å². The molecule has 1 fully saturated rings. The van der Waals surface area contributed by atoms with Gasteiger partial charge in [-0.15, -0.1) is 0 Å². The first-order valence-electron chi connectivity index (χ1n) is 6.91. The summed E-state index contributed by atoms with van der Waals surface area (Å²) < 4.78 is 5.04. The Morgan fingerprint density at radius 3 is 2.83 bits per heavy atom. The summed E-state index contributed by atoms with van der Waals surface area (Å²) in [4.78, 5) is 34.9. The van der Waals surface area contributed by atoms with Gasteiger partial charge < -0.3 is 15.4 Å². The van der Waals surface area contributed by atoms with Gasteiger partial charge in [0.2, 0.25) is 5.91 Å². The fourth-order valence-electron chi connectivity index (χ4n) is 2.03. The molecule has 2 amide bonds. The lowest BCUT2D eigenvalue weighted by molar-refractivity contribution is -0.155. The summed E-state index contributed by atoms with van der Waals surface area (Å²) in [5.74, 6) is -1.39. The van der Waals surface area contributed by atoms with E-state index < -0.39 is 24.0 Å². The van der Waals surface area contributed by atoms with Gasteiger partial charge in [-0.1, -0.05) is 11.6 Å². The van der Waals surface area contributed by atoms with E-state index in [4.69, 9.17) is 21.6 Å². The number of nitriles is 1. The molecule has 1 aliphatic rings. The van der Waals surface area contributed by atoms with Crippen LogP contribution in [0.5, 0.6) is 0 Å². The van der Waals surface area contributed by atoms with Crippen molar-refractivity contribution in [1.82, 2.24) is 5.32 Å². The minimum absolute atomic E-state index is 0.212. The van der Waals surface area contributed by atoms with Gasteiger partial charge in [0.1, 0.15) is 12.1 Å². The minimum Gasteiger partial charge on any atom is -0.451 e. The Kier molecular flexibility index (Phi) is 5.19. The standard InChI is InChI=1S/C15H14ClN3O4/c1-8(23-15(22)12-4-5-13(20)19-12)14(21)18-10-3-2-9(7-17)11(16)6-10/h2-3,6,8,12H,4-5H2,1H3,(H,18,21)(H,19,20)/t8-,12-/m1/s1. The third-order valence-electron chi connectivity index (χ3n) is 3.30. The van der Waals surface area contributed by atoms with Crippen molar-refractivity contribution in [3.05, 3.63) is 28.8 Å². The average molecular weight is 336 g/mol. The van der Waals surface area contributed by atoms with Gasteiger partial charge >= 0.3 is 5.97 Å². The Labute approximate surface area is 137 Å². The number of benzene rings is 1. The molecule has 2 atom stereocenters. The van der Waals surface area contributed by atoms with Crippen LogP contribution in [-0.4, -0.2) is 29.9 Å². The van der Waals surface area contributed by atoms with E-state index in [2.05, 4.69) is 10.6 Å². The number of nitrogens with one attached hydrogen (secondary N) is 2. The smallest absolute Gasteiger partial charge is 0.329 e. The molecule has 0 aromatic heterocycles. The van der Waals surface area contributed by atoms with Crippen LogP contribution in [0.3, 0.4) is 0 Å². The number of carbonyl (C=O) groups excluding carboxylic acids is 3. The lowest BCUT2D eigenvalue weighted by Crippen LogP contribution is -2.39. The molecule has 120 valence electrons. The zero-order valence-corrected chi connectivity index (χ0v) is 13.0. The molecule has 23 heavy (non-hydrogen) atoms. The van der Waals surface area contributed by atoms with Gasteiger partial charge in [0.05, 0.1) is 10.6 Å². The van der Waals surface area contributed by atoms with Crippen LogP contribution in [0, 0.1) is 11.3 Å². The van der Waals surface area contributed by atoms with Crippen LogP contribution < -0.4 is 10.6 Å². The van der Waals surface area contributed by atoms with Crippen molar-refractivity contribution in [3.8, 4) is 6.07 Å². The van der Waals surface area contributed by atoms with Crippen LogP contribution >= 0.6 is 11.6 Å². The van der Waals surface area contributed by atoms with Gasteiger partial charge in [0, 0.05) is 12.1 Å². The van der Waals surface area contributed by atoms with E-state index in [-0.39, 0.29) is 17.4 Å². The fraction of sp³-hybridized carbons (Fsp3) is 0.333. The first-order valence-corrected chi connectivity index (χ1v) is 7.29. The molecular weight excluding hydrogens is 322 g/mol. The van der Waals surface area contributed by atoms with Crippen molar-refractivity contribution in [3.63, 3.8) is 0 Å². The molecule has 1 saturated heterocycles. The second-order valence-corrected chi connectivity index (χ2v) is 5.44. The first kappa shape index (κ1) is 16.8. The summed E-state index contributed by atoms with van der Waals surface area (Å²) in [5.41, 5.74) is 0.678. The monoisotopic (exact) mass is 335 g/mol.